The van der Waals surface area contributed by atoms with Gasteiger partial charge in [0, 0.05) is 25.9 Å². The molecule has 22 heavy (non-hydrogen) atoms. The molecule has 0 aromatic rings. The highest BCUT2D eigenvalue weighted by molar-refractivity contribution is 6.60. The van der Waals surface area contributed by atoms with Crippen LogP contribution in [0.5, 0.6) is 0 Å². The highest BCUT2D eigenvalue weighted by atomic mass is 28.4. The van der Waals surface area contributed by atoms with Gasteiger partial charge in [-0.2, -0.15) is 0 Å². The van der Waals surface area contributed by atoms with Crippen molar-refractivity contribution in [1.82, 2.24) is 0 Å². The number of hydrogen-bond acceptors (Lipinski definition) is 4. The molecule has 1 saturated carbocycles. The molecule has 1 aliphatic carbocycles. The fourth-order valence-corrected chi connectivity index (χ4v) is 5.70. The van der Waals surface area contributed by atoms with Crippen LogP contribution in [0.2, 0.25) is 6.04 Å². The van der Waals surface area contributed by atoms with Crippen molar-refractivity contribution in [2.45, 2.75) is 78.1 Å². The Labute approximate surface area is 137 Å². The van der Waals surface area contributed by atoms with Gasteiger partial charge < -0.3 is 18.0 Å². The first-order valence-electron chi connectivity index (χ1n) is 9.21. The largest absolute Gasteiger partial charge is 0.500 e. The summed E-state index contributed by atoms with van der Waals surface area (Å²) >= 11 is 0. The summed E-state index contributed by atoms with van der Waals surface area (Å²) in [4.78, 5) is 0. The summed E-state index contributed by atoms with van der Waals surface area (Å²) in [6.45, 7) is 10.9. The van der Waals surface area contributed by atoms with Crippen molar-refractivity contribution >= 4 is 8.80 Å². The molecule has 0 aromatic carbocycles. The monoisotopic (exact) mass is 330 g/mol. The molecule has 4 nitrogen and oxygen atoms in total. The molecular formula is C17H34O4Si. The number of fused-ring (bicyclic) bond motifs is 1. The van der Waals surface area contributed by atoms with Crippen LogP contribution in [-0.2, 0) is 18.0 Å². The summed E-state index contributed by atoms with van der Waals surface area (Å²) in [5.74, 6) is 1.28. The van der Waals surface area contributed by atoms with E-state index in [9.17, 15) is 0 Å². The highest BCUT2D eigenvalue weighted by Gasteiger charge is 2.46. The Bertz CT molecular complexity index is 318. The van der Waals surface area contributed by atoms with Crippen molar-refractivity contribution in [2.75, 3.05) is 19.8 Å². The molecule has 0 bridgehead atoms. The molecular weight excluding hydrogens is 296 g/mol. The Kier molecular flexibility index (Phi) is 7.34. The second-order valence-corrected chi connectivity index (χ2v) is 9.75. The third-order valence-corrected chi connectivity index (χ3v) is 7.66. The highest BCUT2D eigenvalue weighted by Crippen LogP contribution is 2.42. The molecule has 1 heterocycles. The van der Waals surface area contributed by atoms with E-state index in [1.807, 2.05) is 0 Å². The van der Waals surface area contributed by atoms with Gasteiger partial charge in [0.2, 0.25) is 0 Å². The number of rotatable bonds is 11. The molecule has 1 aliphatic heterocycles. The van der Waals surface area contributed by atoms with Crippen LogP contribution in [0.3, 0.4) is 0 Å². The summed E-state index contributed by atoms with van der Waals surface area (Å²) in [6, 6.07) is 0.859. The molecule has 2 aliphatic rings. The smallest absolute Gasteiger partial charge is 0.373 e. The second-order valence-electron chi connectivity index (χ2n) is 6.81. The Morgan fingerprint density at radius 2 is 1.68 bits per heavy atom. The first kappa shape index (κ1) is 18.4. The Balaban J connectivity index is 1.82. The van der Waals surface area contributed by atoms with E-state index in [-0.39, 0.29) is 0 Å². The van der Waals surface area contributed by atoms with E-state index in [2.05, 4.69) is 27.7 Å². The van der Waals surface area contributed by atoms with Gasteiger partial charge in [0.1, 0.15) is 0 Å². The van der Waals surface area contributed by atoms with Crippen LogP contribution in [0.4, 0.5) is 0 Å². The maximum absolute atomic E-state index is 6.30. The Morgan fingerprint density at radius 1 is 1.00 bits per heavy atom. The SMILES string of the molecule is CCCO[Si](CC)(OCCC)OCC(C)C1CCC2OC2C1. The molecule has 5 heteroatoms. The van der Waals surface area contributed by atoms with Gasteiger partial charge in [-0.05, 0) is 43.9 Å². The van der Waals surface area contributed by atoms with Gasteiger partial charge in [-0.15, -0.1) is 0 Å². The Morgan fingerprint density at radius 3 is 2.23 bits per heavy atom. The lowest BCUT2D eigenvalue weighted by Crippen LogP contribution is -2.47. The lowest BCUT2D eigenvalue weighted by atomic mass is 9.81. The lowest BCUT2D eigenvalue weighted by Gasteiger charge is -2.32. The predicted molar refractivity (Wildman–Crippen MR) is 89.8 cm³/mol. The molecule has 2 fully saturated rings. The van der Waals surface area contributed by atoms with E-state index in [1.54, 1.807) is 0 Å². The second kappa shape index (κ2) is 8.78. The van der Waals surface area contributed by atoms with Crippen molar-refractivity contribution in [3.63, 3.8) is 0 Å². The van der Waals surface area contributed by atoms with Gasteiger partial charge in [0.25, 0.3) is 0 Å². The van der Waals surface area contributed by atoms with Gasteiger partial charge >= 0.3 is 8.80 Å². The zero-order valence-electron chi connectivity index (χ0n) is 14.8. The lowest BCUT2D eigenvalue weighted by molar-refractivity contribution is 0.0408. The van der Waals surface area contributed by atoms with Crippen LogP contribution < -0.4 is 0 Å². The van der Waals surface area contributed by atoms with Crippen LogP contribution in [0.25, 0.3) is 0 Å². The maximum atomic E-state index is 6.30. The third kappa shape index (κ3) is 5.03. The molecule has 0 radical (unpaired) electrons. The molecule has 0 aromatic heterocycles. The molecule has 0 spiro atoms. The van der Waals surface area contributed by atoms with E-state index in [1.165, 1.54) is 19.3 Å². The Hall–Kier alpha value is 0.0569. The van der Waals surface area contributed by atoms with Crippen molar-refractivity contribution in [3.8, 4) is 0 Å². The minimum atomic E-state index is -2.48. The normalized spacial score (nSPS) is 29.2. The molecule has 4 unspecified atom stereocenters. The van der Waals surface area contributed by atoms with Gasteiger partial charge in [0.15, 0.2) is 0 Å². The summed E-state index contributed by atoms with van der Waals surface area (Å²) in [5, 5.41) is 0. The van der Waals surface area contributed by atoms with Crippen LogP contribution in [0.15, 0.2) is 0 Å². The fraction of sp³-hybridized carbons (Fsp3) is 1.00. The quantitative estimate of drug-likeness (QED) is 0.424. The van der Waals surface area contributed by atoms with Crippen molar-refractivity contribution in [2.24, 2.45) is 11.8 Å². The topological polar surface area (TPSA) is 40.2 Å². The summed E-state index contributed by atoms with van der Waals surface area (Å²) < 4.78 is 24.1. The van der Waals surface area contributed by atoms with E-state index in [0.29, 0.717) is 18.1 Å². The van der Waals surface area contributed by atoms with E-state index >= 15 is 0 Å². The zero-order valence-corrected chi connectivity index (χ0v) is 15.8. The minimum Gasteiger partial charge on any atom is -0.373 e. The van der Waals surface area contributed by atoms with Gasteiger partial charge in [-0.1, -0.05) is 27.7 Å². The van der Waals surface area contributed by atoms with Crippen LogP contribution >= 0.6 is 0 Å². The molecule has 0 N–H and O–H groups in total. The van der Waals surface area contributed by atoms with Crippen molar-refractivity contribution in [1.29, 1.82) is 0 Å². The maximum Gasteiger partial charge on any atom is 0.500 e. The summed E-state index contributed by atoms with van der Waals surface area (Å²) in [7, 11) is -2.48. The fourth-order valence-electron chi connectivity index (χ4n) is 3.29. The molecule has 0 amide bonds. The van der Waals surface area contributed by atoms with Crippen molar-refractivity contribution in [3.05, 3.63) is 0 Å². The first-order valence-corrected chi connectivity index (χ1v) is 11.1. The van der Waals surface area contributed by atoms with E-state index < -0.39 is 8.80 Å². The van der Waals surface area contributed by atoms with Crippen LogP contribution in [-0.4, -0.2) is 40.8 Å². The minimum absolute atomic E-state index is 0.544. The summed E-state index contributed by atoms with van der Waals surface area (Å²) in [6.07, 6.45) is 6.85. The average Bonchev–Trinajstić information content (AvgIpc) is 3.33. The molecule has 2 rings (SSSR count). The van der Waals surface area contributed by atoms with Crippen LogP contribution in [0, 0.1) is 11.8 Å². The zero-order chi connectivity index (χ0) is 16.0. The standard InChI is InChI=1S/C17H34O4Si/c1-5-10-18-22(7-3,19-11-6-2)20-13-14(4)15-8-9-16-17(12-15)21-16/h14-17H,5-13H2,1-4H3. The average molecular weight is 331 g/mol. The predicted octanol–water partition coefficient (Wildman–Crippen LogP) is 4.02. The third-order valence-electron chi connectivity index (χ3n) is 4.90. The summed E-state index contributed by atoms with van der Waals surface area (Å²) in [5.41, 5.74) is 0. The van der Waals surface area contributed by atoms with Gasteiger partial charge in [0.05, 0.1) is 12.2 Å². The number of hydrogen-bond donors (Lipinski definition) is 0. The van der Waals surface area contributed by atoms with E-state index in [4.69, 9.17) is 18.0 Å². The molecule has 1 saturated heterocycles. The van der Waals surface area contributed by atoms with E-state index in [0.717, 1.165) is 44.6 Å². The van der Waals surface area contributed by atoms with Gasteiger partial charge in [-0.25, -0.2) is 0 Å². The van der Waals surface area contributed by atoms with Gasteiger partial charge in [-0.3, -0.25) is 0 Å². The number of epoxide rings is 1. The molecule has 130 valence electrons. The molecule has 4 atom stereocenters. The first-order chi connectivity index (χ1) is 10.6. The number of ether oxygens (including phenoxy) is 1. The van der Waals surface area contributed by atoms with Crippen LogP contribution in [0.1, 0.15) is 59.8 Å². The van der Waals surface area contributed by atoms with Crippen molar-refractivity contribution < 1.29 is 18.0 Å².